The normalized spacial score (nSPS) is 11.4. The summed E-state index contributed by atoms with van der Waals surface area (Å²) in [6.45, 7) is 1.37. The Bertz CT molecular complexity index is 796. The summed E-state index contributed by atoms with van der Waals surface area (Å²) in [5.74, 6) is -2.29. The third-order valence-electron chi connectivity index (χ3n) is 2.99. The zero-order chi connectivity index (χ0) is 17.1. The second-order valence-electron chi connectivity index (χ2n) is 4.64. The van der Waals surface area contributed by atoms with E-state index in [9.17, 15) is 18.3 Å². The van der Waals surface area contributed by atoms with Gasteiger partial charge in [-0.05, 0) is 31.2 Å². The fraction of sp³-hybridized carbons (Fsp3) is 0.0625. The SMILES string of the molecule is CC(O)=C(C(=S)Nc1c(F)cccc1F)c1ccc(F)cc1Br.[H-].[K+]. The van der Waals surface area contributed by atoms with Gasteiger partial charge in [-0.1, -0.05) is 40.3 Å². The molecule has 0 aliphatic rings. The van der Waals surface area contributed by atoms with Crippen LogP contribution in [0.5, 0.6) is 0 Å². The van der Waals surface area contributed by atoms with Crippen LogP contribution in [0, 0.1) is 17.5 Å². The second-order valence-corrected chi connectivity index (χ2v) is 5.90. The van der Waals surface area contributed by atoms with Crippen molar-refractivity contribution in [3.8, 4) is 0 Å². The summed E-state index contributed by atoms with van der Waals surface area (Å²) < 4.78 is 41.0. The molecule has 2 N–H and O–H groups in total. The number of halogens is 4. The average Bonchev–Trinajstić information content (AvgIpc) is 2.45. The van der Waals surface area contributed by atoms with Gasteiger partial charge in [0.1, 0.15) is 28.1 Å². The summed E-state index contributed by atoms with van der Waals surface area (Å²) in [5, 5.41) is 12.3. The predicted octanol–water partition coefficient (Wildman–Crippen LogP) is 2.71. The molecule has 2 aromatic carbocycles. The number of hydrogen-bond acceptors (Lipinski definition) is 2. The molecule has 0 saturated carbocycles. The van der Waals surface area contributed by atoms with Crippen molar-refractivity contribution in [2.45, 2.75) is 6.92 Å². The van der Waals surface area contributed by atoms with Gasteiger partial charge in [0.25, 0.3) is 0 Å². The van der Waals surface area contributed by atoms with Gasteiger partial charge in [0, 0.05) is 10.0 Å². The molecule has 0 aliphatic heterocycles. The minimum absolute atomic E-state index is 0. The smallest absolute Gasteiger partial charge is 1.00 e. The molecule has 0 radical (unpaired) electrons. The van der Waals surface area contributed by atoms with E-state index in [4.69, 9.17) is 12.2 Å². The van der Waals surface area contributed by atoms with Gasteiger partial charge >= 0.3 is 51.4 Å². The van der Waals surface area contributed by atoms with Gasteiger partial charge in [0.2, 0.25) is 0 Å². The zero-order valence-corrected chi connectivity index (χ0v) is 18.4. The summed E-state index contributed by atoms with van der Waals surface area (Å²) in [4.78, 5) is -0.0960. The van der Waals surface area contributed by atoms with E-state index in [2.05, 4.69) is 21.2 Å². The van der Waals surface area contributed by atoms with Crippen LogP contribution in [0.25, 0.3) is 5.57 Å². The number of rotatable bonds is 3. The van der Waals surface area contributed by atoms with Gasteiger partial charge in [-0.2, -0.15) is 0 Å². The molecule has 0 bridgehead atoms. The maximum atomic E-state index is 13.7. The third-order valence-corrected chi connectivity index (χ3v) is 3.95. The maximum absolute atomic E-state index is 13.7. The number of hydrogen-bond donors (Lipinski definition) is 2. The number of aliphatic hydroxyl groups excluding tert-OH is 1. The largest absolute Gasteiger partial charge is 1.00 e. The third kappa shape index (κ3) is 5.14. The molecule has 122 valence electrons. The van der Waals surface area contributed by atoms with Crippen molar-refractivity contribution < 1.29 is 71.1 Å². The number of nitrogens with one attached hydrogen (secondary N) is 1. The van der Waals surface area contributed by atoms with Gasteiger partial charge in [0.15, 0.2) is 0 Å². The molecule has 0 aromatic heterocycles. The molecule has 2 aromatic rings. The van der Waals surface area contributed by atoms with Gasteiger partial charge in [0.05, 0.1) is 11.3 Å². The first-order valence-corrected chi connectivity index (χ1v) is 7.62. The Morgan fingerprint density at radius 3 is 2.25 bits per heavy atom. The van der Waals surface area contributed by atoms with Crippen molar-refractivity contribution in [3.05, 3.63) is 69.6 Å². The Kier molecular flexibility index (Phi) is 8.61. The Hall–Kier alpha value is -0.224. The summed E-state index contributed by atoms with van der Waals surface area (Å²) in [5.41, 5.74) is 0.102. The van der Waals surface area contributed by atoms with Crippen LogP contribution in [-0.4, -0.2) is 10.1 Å². The molecular formula is C16H12BrF3KNOS. The molecule has 0 saturated heterocycles. The van der Waals surface area contributed by atoms with E-state index in [1.165, 1.54) is 31.2 Å². The van der Waals surface area contributed by atoms with Crippen LogP contribution in [0.3, 0.4) is 0 Å². The molecule has 0 unspecified atom stereocenters. The van der Waals surface area contributed by atoms with E-state index >= 15 is 0 Å². The molecule has 0 fully saturated rings. The standard InChI is InChI=1S/C16H11BrF3NOS.K.H/c1-8(22)14(10-6-5-9(18)7-11(10)17)16(23)21-15-12(19)3-2-4-13(15)20;;/h2-7,22H,1H3,(H,21,23);;/q;+1;-1. The topological polar surface area (TPSA) is 32.3 Å². The number of aliphatic hydroxyl groups is 1. The zero-order valence-electron chi connectivity index (χ0n) is 13.8. The average molecular weight is 442 g/mol. The summed E-state index contributed by atoms with van der Waals surface area (Å²) in [6.07, 6.45) is 0. The van der Waals surface area contributed by atoms with Gasteiger partial charge in [-0.25, -0.2) is 13.2 Å². The van der Waals surface area contributed by atoms with E-state index in [0.29, 0.717) is 10.0 Å². The molecule has 0 atom stereocenters. The van der Waals surface area contributed by atoms with Crippen molar-refractivity contribution in [1.82, 2.24) is 0 Å². The summed E-state index contributed by atoms with van der Waals surface area (Å²) in [6, 6.07) is 7.18. The minimum atomic E-state index is -0.819. The Morgan fingerprint density at radius 2 is 1.75 bits per heavy atom. The van der Waals surface area contributed by atoms with Crippen LogP contribution in [0.2, 0.25) is 0 Å². The Balaban J connectivity index is 0.00000288. The number of anilines is 1. The van der Waals surface area contributed by atoms with E-state index in [0.717, 1.165) is 12.1 Å². The van der Waals surface area contributed by atoms with Gasteiger partial charge in [-0.15, -0.1) is 0 Å². The Labute approximate surface area is 195 Å². The Morgan fingerprint density at radius 1 is 1.17 bits per heavy atom. The van der Waals surface area contributed by atoms with Crippen LogP contribution in [-0.2, 0) is 0 Å². The fourth-order valence-corrected chi connectivity index (χ4v) is 2.88. The van der Waals surface area contributed by atoms with E-state index < -0.39 is 23.1 Å². The number of benzene rings is 2. The molecule has 0 amide bonds. The van der Waals surface area contributed by atoms with Crippen LogP contribution in [0.15, 0.2) is 46.6 Å². The van der Waals surface area contributed by atoms with E-state index in [1.807, 2.05) is 0 Å². The molecule has 24 heavy (non-hydrogen) atoms. The first-order chi connectivity index (χ1) is 10.8. The van der Waals surface area contributed by atoms with Crippen molar-refractivity contribution in [2.24, 2.45) is 0 Å². The molecule has 2 rings (SSSR count). The predicted molar refractivity (Wildman–Crippen MR) is 93.0 cm³/mol. The van der Waals surface area contributed by atoms with Gasteiger partial charge in [-0.3, -0.25) is 0 Å². The molecule has 2 nitrogen and oxygen atoms in total. The summed E-state index contributed by atoms with van der Waals surface area (Å²) >= 11 is 8.33. The first-order valence-electron chi connectivity index (χ1n) is 6.42. The van der Waals surface area contributed by atoms with Crippen LogP contribution in [0.1, 0.15) is 13.9 Å². The summed E-state index contributed by atoms with van der Waals surface area (Å²) in [7, 11) is 0. The van der Waals surface area contributed by atoms with E-state index in [1.54, 1.807) is 0 Å². The van der Waals surface area contributed by atoms with Gasteiger partial charge < -0.3 is 11.8 Å². The number of para-hydroxylation sites is 1. The number of thiocarbonyl (C=S) groups is 1. The van der Waals surface area contributed by atoms with Crippen molar-refractivity contribution in [2.75, 3.05) is 5.32 Å². The van der Waals surface area contributed by atoms with Crippen molar-refractivity contribution >= 4 is 44.4 Å². The minimum Gasteiger partial charge on any atom is -1.00 e. The quantitative estimate of drug-likeness (QED) is 0.332. The monoisotopic (exact) mass is 441 g/mol. The molecule has 0 heterocycles. The van der Waals surface area contributed by atoms with Crippen molar-refractivity contribution in [3.63, 3.8) is 0 Å². The molecule has 0 aliphatic carbocycles. The second kappa shape index (κ2) is 9.47. The molecule has 0 spiro atoms. The van der Waals surface area contributed by atoms with Crippen molar-refractivity contribution in [1.29, 1.82) is 0 Å². The number of allylic oxidation sites excluding steroid dienone is 1. The fourth-order valence-electron chi connectivity index (χ4n) is 1.97. The maximum Gasteiger partial charge on any atom is 1.00 e. The molecular weight excluding hydrogens is 430 g/mol. The van der Waals surface area contributed by atoms with E-state index in [-0.39, 0.29) is 69.1 Å². The first kappa shape index (κ1) is 21.8. The molecule has 8 heteroatoms. The van der Waals surface area contributed by atoms with Crippen LogP contribution in [0.4, 0.5) is 18.9 Å². The van der Waals surface area contributed by atoms with Crippen LogP contribution < -0.4 is 56.7 Å². The van der Waals surface area contributed by atoms with Crippen LogP contribution >= 0.6 is 28.1 Å².